The second-order valence-electron chi connectivity index (χ2n) is 9.24. The summed E-state index contributed by atoms with van der Waals surface area (Å²) in [4.78, 5) is 64.6. The Kier molecular flexibility index (Phi) is 7.84. The molecule has 4 N–H and O–H groups in total. The number of nitrogens with one attached hydrogen (secondary N) is 2. The van der Waals surface area contributed by atoms with Gasteiger partial charge in [0.25, 0.3) is 0 Å². The molecule has 0 saturated carbocycles. The van der Waals surface area contributed by atoms with Crippen molar-refractivity contribution < 1.29 is 24.0 Å². The van der Waals surface area contributed by atoms with Crippen LogP contribution in [0.1, 0.15) is 57.4 Å². The van der Waals surface area contributed by atoms with E-state index in [-0.39, 0.29) is 31.1 Å². The molecular formula is C24H32N4O5. The Hall–Kier alpha value is -3.23. The van der Waals surface area contributed by atoms with Crippen molar-refractivity contribution in [2.75, 3.05) is 6.54 Å². The molecule has 4 atom stereocenters. The van der Waals surface area contributed by atoms with E-state index in [1.54, 1.807) is 24.3 Å². The van der Waals surface area contributed by atoms with Gasteiger partial charge in [-0.2, -0.15) is 0 Å². The number of hydrogen-bond acceptors (Lipinski definition) is 5. The summed E-state index contributed by atoms with van der Waals surface area (Å²) in [6, 6.07) is 6.87. The highest BCUT2D eigenvalue weighted by Crippen LogP contribution is 2.32. The third-order valence-electron chi connectivity index (χ3n) is 6.27. The molecule has 1 aromatic carbocycles. The first-order chi connectivity index (χ1) is 15.7. The van der Waals surface area contributed by atoms with Crippen LogP contribution in [0.2, 0.25) is 0 Å². The van der Waals surface area contributed by atoms with E-state index < -0.39 is 47.5 Å². The van der Waals surface area contributed by atoms with Gasteiger partial charge in [-0.1, -0.05) is 44.2 Å². The zero-order valence-corrected chi connectivity index (χ0v) is 19.1. The van der Waals surface area contributed by atoms with Crippen molar-refractivity contribution in [2.24, 2.45) is 17.6 Å². The van der Waals surface area contributed by atoms with Crippen molar-refractivity contribution in [2.45, 2.75) is 64.0 Å². The van der Waals surface area contributed by atoms with E-state index in [9.17, 15) is 24.0 Å². The summed E-state index contributed by atoms with van der Waals surface area (Å²) in [6.45, 7) is 4.36. The van der Waals surface area contributed by atoms with E-state index in [1.165, 1.54) is 0 Å². The highest BCUT2D eigenvalue weighted by molar-refractivity contribution is 6.09. The highest BCUT2D eigenvalue weighted by Gasteiger charge is 2.46. The van der Waals surface area contributed by atoms with Gasteiger partial charge in [0.2, 0.25) is 29.5 Å². The summed E-state index contributed by atoms with van der Waals surface area (Å²) >= 11 is 0. The molecule has 0 aliphatic carbocycles. The lowest BCUT2D eigenvalue weighted by molar-refractivity contribution is -0.148. The molecule has 2 saturated heterocycles. The van der Waals surface area contributed by atoms with Crippen molar-refractivity contribution in [1.29, 1.82) is 0 Å². The molecule has 0 spiro atoms. The SMILES string of the molecule is CC(C)C[C@@H](C(=O)N[C@@H](C[C@@H]1CCCNC1=O)C(N)=O)N1C(=O)C[C@H](c2ccccc2)C1=O. The van der Waals surface area contributed by atoms with Crippen LogP contribution in [0.5, 0.6) is 0 Å². The minimum atomic E-state index is -1.07. The third-order valence-corrected chi connectivity index (χ3v) is 6.27. The molecule has 2 heterocycles. The maximum atomic E-state index is 13.3. The van der Waals surface area contributed by atoms with Crippen LogP contribution in [0.4, 0.5) is 0 Å². The molecule has 178 valence electrons. The normalized spacial score (nSPS) is 22.8. The lowest BCUT2D eigenvalue weighted by Gasteiger charge is -2.30. The number of carbonyl (C=O) groups excluding carboxylic acids is 5. The highest BCUT2D eigenvalue weighted by atomic mass is 16.2. The number of carbonyl (C=O) groups is 5. The number of amides is 5. The van der Waals surface area contributed by atoms with Crippen molar-refractivity contribution in [3.63, 3.8) is 0 Å². The number of likely N-dealkylation sites (tertiary alicyclic amines) is 1. The summed E-state index contributed by atoms with van der Waals surface area (Å²) in [6.07, 6.45) is 1.70. The molecule has 9 heteroatoms. The van der Waals surface area contributed by atoms with Crippen LogP contribution in [0.25, 0.3) is 0 Å². The first-order valence-corrected chi connectivity index (χ1v) is 11.5. The third kappa shape index (κ3) is 5.77. The fourth-order valence-corrected chi connectivity index (χ4v) is 4.56. The lowest BCUT2D eigenvalue weighted by Crippen LogP contribution is -2.55. The summed E-state index contributed by atoms with van der Waals surface area (Å²) in [5, 5.41) is 5.38. The Labute approximate surface area is 193 Å². The summed E-state index contributed by atoms with van der Waals surface area (Å²) in [5.74, 6) is -3.45. The monoisotopic (exact) mass is 456 g/mol. The maximum Gasteiger partial charge on any atom is 0.243 e. The Morgan fingerprint density at radius 2 is 1.88 bits per heavy atom. The van der Waals surface area contributed by atoms with Crippen molar-refractivity contribution in [3.05, 3.63) is 35.9 Å². The number of imide groups is 1. The Bertz CT molecular complexity index is 917. The Balaban J connectivity index is 1.78. The number of rotatable bonds is 9. The fourth-order valence-electron chi connectivity index (χ4n) is 4.56. The zero-order valence-electron chi connectivity index (χ0n) is 19.1. The van der Waals surface area contributed by atoms with E-state index in [0.29, 0.717) is 13.0 Å². The molecule has 3 rings (SSSR count). The number of benzene rings is 1. The van der Waals surface area contributed by atoms with Gasteiger partial charge in [-0.05, 0) is 37.2 Å². The molecule has 0 aromatic heterocycles. The van der Waals surface area contributed by atoms with Crippen molar-refractivity contribution in [3.8, 4) is 0 Å². The minimum Gasteiger partial charge on any atom is -0.368 e. The summed E-state index contributed by atoms with van der Waals surface area (Å²) in [5.41, 5.74) is 6.24. The van der Waals surface area contributed by atoms with Gasteiger partial charge < -0.3 is 16.4 Å². The van der Waals surface area contributed by atoms with Gasteiger partial charge in [-0.15, -0.1) is 0 Å². The maximum absolute atomic E-state index is 13.3. The molecule has 1 aromatic rings. The number of nitrogens with two attached hydrogens (primary N) is 1. The Morgan fingerprint density at radius 3 is 2.48 bits per heavy atom. The van der Waals surface area contributed by atoms with E-state index in [1.807, 2.05) is 19.9 Å². The van der Waals surface area contributed by atoms with Gasteiger partial charge >= 0.3 is 0 Å². The summed E-state index contributed by atoms with van der Waals surface area (Å²) < 4.78 is 0. The van der Waals surface area contributed by atoms with Gasteiger partial charge in [0.15, 0.2) is 0 Å². The van der Waals surface area contributed by atoms with Gasteiger partial charge in [-0.3, -0.25) is 28.9 Å². The predicted molar refractivity (Wildman–Crippen MR) is 120 cm³/mol. The molecule has 5 amide bonds. The minimum absolute atomic E-state index is 0.00766. The van der Waals surface area contributed by atoms with Crippen molar-refractivity contribution >= 4 is 29.5 Å². The predicted octanol–water partition coefficient (Wildman–Crippen LogP) is 0.830. The van der Waals surface area contributed by atoms with Crippen LogP contribution in [0, 0.1) is 11.8 Å². The number of primary amides is 1. The number of hydrogen-bond donors (Lipinski definition) is 3. The molecule has 2 aliphatic rings. The topological polar surface area (TPSA) is 139 Å². The molecule has 0 radical (unpaired) electrons. The second kappa shape index (κ2) is 10.6. The molecule has 9 nitrogen and oxygen atoms in total. The summed E-state index contributed by atoms with van der Waals surface area (Å²) in [7, 11) is 0. The van der Waals surface area contributed by atoms with E-state index in [4.69, 9.17) is 5.73 Å². The second-order valence-corrected chi connectivity index (χ2v) is 9.24. The number of nitrogens with zero attached hydrogens (tertiary/aromatic N) is 1. The molecule has 2 aliphatic heterocycles. The van der Waals surface area contributed by atoms with Gasteiger partial charge in [-0.25, -0.2) is 0 Å². The quantitative estimate of drug-likeness (QED) is 0.473. The van der Waals surface area contributed by atoms with E-state index in [0.717, 1.165) is 16.9 Å². The standard InChI is InChI=1S/C24H32N4O5/c1-14(2)11-19(28-20(29)13-17(24(28)33)15-7-4-3-5-8-15)23(32)27-18(21(25)30)12-16-9-6-10-26-22(16)31/h3-5,7-8,14,16-19H,6,9-13H2,1-2H3,(H2,25,30)(H,26,31)(H,27,32)/t16-,17+,18-,19-/m0/s1. The molecular weight excluding hydrogens is 424 g/mol. The van der Waals surface area contributed by atoms with Crippen LogP contribution in [-0.4, -0.2) is 53.1 Å². The zero-order chi connectivity index (χ0) is 24.1. The largest absolute Gasteiger partial charge is 0.368 e. The molecule has 0 unspecified atom stereocenters. The van der Waals surface area contributed by atoms with Crippen LogP contribution in [0.15, 0.2) is 30.3 Å². The van der Waals surface area contributed by atoms with E-state index >= 15 is 0 Å². The average molecular weight is 457 g/mol. The fraction of sp³-hybridized carbons (Fsp3) is 0.542. The van der Waals surface area contributed by atoms with Crippen LogP contribution >= 0.6 is 0 Å². The average Bonchev–Trinajstić information content (AvgIpc) is 3.07. The Morgan fingerprint density at radius 1 is 1.18 bits per heavy atom. The van der Waals surface area contributed by atoms with Gasteiger partial charge in [0.1, 0.15) is 12.1 Å². The van der Waals surface area contributed by atoms with Crippen LogP contribution < -0.4 is 16.4 Å². The first-order valence-electron chi connectivity index (χ1n) is 11.5. The van der Waals surface area contributed by atoms with Gasteiger partial charge in [0, 0.05) is 18.9 Å². The van der Waals surface area contributed by atoms with Crippen LogP contribution in [0.3, 0.4) is 0 Å². The van der Waals surface area contributed by atoms with E-state index in [2.05, 4.69) is 10.6 Å². The van der Waals surface area contributed by atoms with Crippen molar-refractivity contribution in [1.82, 2.24) is 15.5 Å². The first kappa shape index (κ1) is 24.4. The molecule has 33 heavy (non-hydrogen) atoms. The molecule has 2 fully saturated rings. The smallest absolute Gasteiger partial charge is 0.243 e. The number of piperidine rings is 1. The van der Waals surface area contributed by atoms with Crippen LogP contribution in [-0.2, 0) is 24.0 Å². The van der Waals surface area contributed by atoms with Gasteiger partial charge in [0.05, 0.1) is 5.92 Å². The molecule has 0 bridgehead atoms. The lowest BCUT2D eigenvalue weighted by atomic mass is 9.91.